The first-order valence-electron chi connectivity index (χ1n) is 5.30. The van der Waals surface area contributed by atoms with Crippen LogP contribution in [0.2, 0.25) is 0 Å². The number of hydrogen-bond acceptors (Lipinski definition) is 1. The van der Waals surface area contributed by atoms with Crippen LogP contribution >= 0.6 is 0 Å². The molecule has 0 saturated carbocycles. The molecule has 1 heterocycles. The molecule has 1 fully saturated rings. The van der Waals surface area contributed by atoms with E-state index in [1.54, 1.807) is 12.1 Å². The van der Waals surface area contributed by atoms with E-state index in [1.165, 1.54) is 12.1 Å². The SMILES string of the molecule is O=C(O)[C@@H]1C[N-]CC[C@H]1c1ccc(F)cc1.[W]. The van der Waals surface area contributed by atoms with E-state index >= 15 is 0 Å². The van der Waals surface area contributed by atoms with Gasteiger partial charge in [0.05, 0.1) is 0 Å². The number of carboxylic acid groups (broad SMARTS) is 1. The maximum atomic E-state index is 12.8. The Balaban J connectivity index is 0.00000144. The van der Waals surface area contributed by atoms with Gasteiger partial charge in [-0.25, -0.2) is 4.39 Å². The largest absolute Gasteiger partial charge is 0.662 e. The first kappa shape index (κ1) is 14.3. The summed E-state index contributed by atoms with van der Waals surface area (Å²) in [6.07, 6.45) is 0.725. The summed E-state index contributed by atoms with van der Waals surface area (Å²) >= 11 is 0. The first-order chi connectivity index (χ1) is 7.68. The van der Waals surface area contributed by atoms with E-state index in [-0.39, 0.29) is 32.8 Å². The molecular formula is C12H13FNO2W-. The van der Waals surface area contributed by atoms with E-state index in [4.69, 9.17) is 5.11 Å². The molecule has 1 aromatic carbocycles. The molecule has 0 bridgehead atoms. The van der Waals surface area contributed by atoms with E-state index in [0.717, 1.165) is 12.0 Å². The zero-order chi connectivity index (χ0) is 11.5. The summed E-state index contributed by atoms with van der Waals surface area (Å²) in [5, 5.41) is 13.2. The Kier molecular flexibility index (Phi) is 5.28. The smallest absolute Gasteiger partial charge is 0.305 e. The second-order valence-electron chi connectivity index (χ2n) is 4.02. The second-order valence-corrected chi connectivity index (χ2v) is 4.02. The average Bonchev–Trinajstić information content (AvgIpc) is 2.30. The number of nitrogens with zero attached hydrogens (tertiary/aromatic N) is 1. The Labute approximate surface area is 114 Å². The van der Waals surface area contributed by atoms with E-state index in [0.29, 0.717) is 13.1 Å². The Morgan fingerprint density at radius 1 is 1.35 bits per heavy atom. The topological polar surface area (TPSA) is 51.4 Å². The van der Waals surface area contributed by atoms with Gasteiger partial charge in [0.25, 0.3) is 0 Å². The van der Waals surface area contributed by atoms with Gasteiger partial charge in [0.2, 0.25) is 0 Å². The van der Waals surface area contributed by atoms with Gasteiger partial charge in [0.1, 0.15) is 5.82 Å². The molecule has 0 amide bonds. The molecule has 17 heavy (non-hydrogen) atoms. The molecule has 1 aliphatic rings. The van der Waals surface area contributed by atoms with Crippen LogP contribution in [0.4, 0.5) is 4.39 Å². The van der Waals surface area contributed by atoms with Gasteiger partial charge < -0.3 is 10.4 Å². The molecular weight excluding hydrogens is 393 g/mol. The zero-order valence-electron chi connectivity index (χ0n) is 9.17. The molecule has 2 atom stereocenters. The molecule has 5 heteroatoms. The minimum absolute atomic E-state index is 0. The van der Waals surface area contributed by atoms with Crippen LogP contribution in [0.5, 0.6) is 0 Å². The summed E-state index contributed by atoms with van der Waals surface area (Å²) in [7, 11) is 0. The Morgan fingerprint density at radius 2 is 2.00 bits per heavy atom. The molecule has 0 spiro atoms. The predicted octanol–water partition coefficient (Wildman–Crippen LogP) is 2.39. The molecule has 2 rings (SSSR count). The predicted molar refractivity (Wildman–Crippen MR) is 58.0 cm³/mol. The Bertz CT molecular complexity index is 383. The fourth-order valence-corrected chi connectivity index (χ4v) is 2.15. The molecule has 1 aliphatic heterocycles. The third kappa shape index (κ3) is 3.36. The number of halogens is 1. The summed E-state index contributed by atoms with van der Waals surface area (Å²) in [4.78, 5) is 11.1. The van der Waals surface area contributed by atoms with Crippen molar-refractivity contribution >= 4 is 5.97 Å². The first-order valence-corrected chi connectivity index (χ1v) is 5.30. The number of carbonyl (C=O) groups is 1. The van der Waals surface area contributed by atoms with Crippen molar-refractivity contribution in [3.63, 3.8) is 0 Å². The fourth-order valence-electron chi connectivity index (χ4n) is 2.15. The zero-order valence-corrected chi connectivity index (χ0v) is 12.1. The van der Waals surface area contributed by atoms with E-state index in [2.05, 4.69) is 5.32 Å². The third-order valence-electron chi connectivity index (χ3n) is 3.03. The molecule has 3 nitrogen and oxygen atoms in total. The molecule has 1 N–H and O–H groups in total. The Hall–Kier alpha value is -0.732. The summed E-state index contributed by atoms with van der Waals surface area (Å²) in [6, 6.07) is 6.09. The maximum absolute atomic E-state index is 12.8. The fraction of sp³-hybridized carbons (Fsp3) is 0.417. The van der Waals surface area contributed by atoms with Crippen molar-refractivity contribution in [2.75, 3.05) is 13.1 Å². The molecule has 1 aromatic rings. The van der Waals surface area contributed by atoms with Crippen molar-refractivity contribution in [2.45, 2.75) is 12.3 Å². The average molecular weight is 406 g/mol. The summed E-state index contributed by atoms with van der Waals surface area (Å²) < 4.78 is 12.8. The van der Waals surface area contributed by atoms with Gasteiger partial charge in [-0.05, 0) is 23.6 Å². The van der Waals surface area contributed by atoms with Crippen molar-refractivity contribution in [3.05, 3.63) is 41.0 Å². The molecule has 0 radical (unpaired) electrons. The monoisotopic (exact) mass is 406 g/mol. The van der Waals surface area contributed by atoms with E-state index < -0.39 is 11.9 Å². The number of aliphatic carboxylic acids is 1. The minimum Gasteiger partial charge on any atom is -0.662 e. The van der Waals surface area contributed by atoms with Crippen LogP contribution in [-0.2, 0) is 25.9 Å². The molecule has 0 unspecified atom stereocenters. The van der Waals surface area contributed by atoms with Gasteiger partial charge >= 0.3 is 5.97 Å². The molecule has 92 valence electrons. The number of hydrogen-bond donors (Lipinski definition) is 1. The van der Waals surface area contributed by atoms with Crippen LogP contribution in [-0.4, -0.2) is 24.2 Å². The number of piperidine rings is 1. The van der Waals surface area contributed by atoms with Gasteiger partial charge in [0, 0.05) is 27.0 Å². The van der Waals surface area contributed by atoms with Crippen molar-refractivity contribution in [2.24, 2.45) is 5.92 Å². The van der Waals surface area contributed by atoms with Crippen molar-refractivity contribution in [1.29, 1.82) is 0 Å². The van der Waals surface area contributed by atoms with E-state index in [1.807, 2.05) is 0 Å². The van der Waals surface area contributed by atoms with Crippen LogP contribution in [0, 0.1) is 11.7 Å². The molecule has 0 aliphatic carbocycles. The van der Waals surface area contributed by atoms with Crippen molar-refractivity contribution < 1.29 is 35.4 Å². The third-order valence-corrected chi connectivity index (χ3v) is 3.03. The molecule has 1 saturated heterocycles. The standard InChI is InChI=1S/C12H13FNO2.W/c13-9-3-1-8(2-4-9)10-5-6-14-7-11(10)12(15)16;/h1-4,10-11H,5-7H2,(H,15,16);/q-1;/t10-,11+;/m0./s1. The van der Waals surface area contributed by atoms with Gasteiger partial charge in [0.15, 0.2) is 0 Å². The van der Waals surface area contributed by atoms with Gasteiger partial charge in [-0.2, -0.15) is 0 Å². The quantitative estimate of drug-likeness (QED) is 0.821. The summed E-state index contributed by atoms with van der Waals surface area (Å²) in [5.41, 5.74) is 0.892. The Morgan fingerprint density at radius 3 is 2.59 bits per heavy atom. The van der Waals surface area contributed by atoms with Crippen LogP contribution in [0.1, 0.15) is 17.9 Å². The van der Waals surface area contributed by atoms with Crippen LogP contribution < -0.4 is 0 Å². The van der Waals surface area contributed by atoms with Crippen molar-refractivity contribution in [1.82, 2.24) is 0 Å². The second kappa shape index (κ2) is 6.27. The normalized spacial score (nSPS) is 23.8. The molecule has 0 aromatic heterocycles. The van der Waals surface area contributed by atoms with Gasteiger partial charge in [-0.15, -0.1) is 13.1 Å². The van der Waals surface area contributed by atoms with E-state index in [9.17, 15) is 9.18 Å². The van der Waals surface area contributed by atoms with Gasteiger partial charge in [-0.1, -0.05) is 18.6 Å². The van der Waals surface area contributed by atoms with Crippen LogP contribution in [0.25, 0.3) is 5.32 Å². The maximum Gasteiger partial charge on any atom is 0.305 e. The summed E-state index contributed by atoms with van der Waals surface area (Å²) in [6.45, 7) is 1.04. The number of carboxylic acids is 1. The van der Waals surface area contributed by atoms with Crippen molar-refractivity contribution in [3.8, 4) is 0 Å². The summed E-state index contributed by atoms with van der Waals surface area (Å²) in [5.74, 6) is -1.64. The minimum atomic E-state index is -0.822. The van der Waals surface area contributed by atoms with Crippen LogP contribution in [0.3, 0.4) is 0 Å². The van der Waals surface area contributed by atoms with Gasteiger partial charge in [-0.3, -0.25) is 4.79 Å². The van der Waals surface area contributed by atoms with Crippen LogP contribution in [0.15, 0.2) is 24.3 Å². The number of benzene rings is 1. The number of rotatable bonds is 2.